The molecule has 0 aromatic rings. The predicted molar refractivity (Wildman–Crippen MR) is 56.3 cm³/mol. The van der Waals surface area contributed by atoms with Crippen LogP contribution < -0.4 is 0 Å². The zero-order valence-corrected chi connectivity index (χ0v) is 9.50. The molecule has 0 spiro atoms. The quantitative estimate of drug-likeness (QED) is 0.720. The number of rotatable bonds is 4. The Kier molecular flexibility index (Phi) is 4.20. The van der Waals surface area contributed by atoms with Crippen molar-refractivity contribution < 1.29 is 9.90 Å². The molecular formula is C10H18ClNO2. The highest BCUT2D eigenvalue weighted by Gasteiger charge is 2.31. The van der Waals surface area contributed by atoms with Crippen LogP contribution in [0.4, 0.5) is 0 Å². The van der Waals surface area contributed by atoms with Gasteiger partial charge in [-0.1, -0.05) is 13.8 Å². The number of carbonyl (C=O) groups is 1. The molecule has 1 heterocycles. The van der Waals surface area contributed by atoms with E-state index in [2.05, 4.69) is 13.8 Å². The summed E-state index contributed by atoms with van der Waals surface area (Å²) in [6.07, 6.45) is 0.0266. The number of amides is 1. The van der Waals surface area contributed by atoms with Crippen molar-refractivity contribution in [2.45, 2.75) is 26.4 Å². The Balaban J connectivity index is 2.44. The Morgan fingerprint density at radius 3 is 2.71 bits per heavy atom. The number of alkyl halides is 1. The van der Waals surface area contributed by atoms with Crippen LogP contribution in [0.25, 0.3) is 0 Å². The Hall–Kier alpha value is -0.280. The van der Waals surface area contributed by atoms with Crippen LogP contribution in [0.1, 0.15) is 20.3 Å². The Labute approximate surface area is 90.0 Å². The van der Waals surface area contributed by atoms with Gasteiger partial charge in [-0.2, -0.15) is 0 Å². The van der Waals surface area contributed by atoms with Crippen molar-refractivity contribution in [3.05, 3.63) is 0 Å². The van der Waals surface area contributed by atoms with Crippen LogP contribution in [0.5, 0.6) is 0 Å². The van der Waals surface area contributed by atoms with Crippen molar-refractivity contribution in [3.63, 3.8) is 0 Å². The van der Waals surface area contributed by atoms with Crippen molar-refractivity contribution in [1.29, 1.82) is 0 Å². The zero-order valence-electron chi connectivity index (χ0n) is 8.74. The highest BCUT2D eigenvalue weighted by Crippen LogP contribution is 2.24. The third kappa shape index (κ3) is 2.85. The summed E-state index contributed by atoms with van der Waals surface area (Å²) in [5, 5.41) is 9.34. The molecule has 0 aliphatic carbocycles. The number of hydrogen-bond acceptors (Lipinski definition) is 2. The fraction of sp³-hybridized carbons (Fsp3) is 0.900. The summed E-state index contributed by atoms with van der Waals surface area (Å²) in [5.74, 6) is 1.30. The van der Waals surface area contributed by atoms with Gasteiger partial charge in [0.2, 0.25) is 5.91 Å². The third-order valence-electron chi connectivity index (χ3n) is 2.80. The Bertz CT molecular complexity index is 208. The first-order valence-electron chi connectivity index (χ1n) is 5.06. The molecule has 3 nitrogen and oxygen atoms in total. The number of hydrogen-bond donors (Lipinski definition) is 1. The van der Waals surface area contributed by atoms with Crippen molar-refractivity contribution in [1.82, 2.24) is 4.90 Å². The average Bonchev–Trinajstić information content (AvgIpc) is 2.48. The molecule has 2 atom stereocenters. The van der Waals surface area contributed by atoms with Gasteiger partial charge < -0.3 is 10.0 Å². The van der Waals surface area contributed by atoms with E-state index in [9.17, 15) is 9.90 Å². The van der Waals surface area contributed by atoms with E-state index in [0.717, 1.165) is 6.54 Å². The summed E-state index contributed by atoms with van der Waals surface area (Å²) in [6.45, 7) is 5.40. The maximum Gasteiger partial charge on any atom is 0.223 e. The largest absolute Gasteiger partial charge is 0.390 e. The molecule has 1 aliphatic rings. The van der Waals surface area contributed by atoms with E-state index < -0.39 is 6.10 Å². The van der Waals surface area contributed by atoms with E-state index in [-0.39, 0.29) is 11.8 Å². The van der Waals surface area contributed by atoms with Gasteiger partial charge in [-0.3, -0.25) is 4.79 Å². The maximum atomic E-state index is 11.5. The molecule has 0 saturated carbocycles. The minimum atomic E-state index is -0.591. The number of halogens is 1. The molecular weight excluding hydrogens is 202 g/mol. The number of aliphatic hydroxyl groups excluding tert-OH is 1. The third-order valence-corrected chi connectivity index (χ3v) is 3.15. The first-order chi connectivity index (χ1) is 6.54. The first-order valence-corrected chi connectivity index (χ1v) is 5.59. The summed E-state index contributed by atoms with van der Waals surface area (Å²) in [5.41, 5.74) is 0. The number of β-amino-alcohol motifs (C(OH)–C–C–N with tert-alkyl or cyclic N) is 1. The van der Waals surface area contributed by atoms with Crippen LogP contribution in [0, 0.1) is 11.8 Å². The standard InChI is InChI=1S/C10H18ClNO2/c1-7(2)8-3-10(14)12(5-8)6-9(13)4-11/h7-9,13H,3-6H2,1-2H3. The average molecular weight is 220 g/mol. The topological polar surface area (TPSA) is 40.5 Å². The lowest BCUT2D eigenvalue weighted by Gasteiger charge is -2.20. The number of aliphatic hydroxyl groups is 1. The SMILES string of the molecule is CC(C)C1CC(=O)N(CC(O)CCl)C1. The maximum absolute atomic E-state index is 11.5. The fourth-order valence-corrected chi connectivity index (χ4v) is 1.83. The van der Waals surface area contributed by atoms with E-state index in [4.69, 9.17) is 11.6 Å². The molecule has 4 heteroatoms. The van der Waals surface area contributed by atoms with E-state index in [1.807, 2.05) is 0 Å². The van der Waals surface area contributed by atoms with Gasteiger partial charge in [-0.15, -0.1) is 11.6 Å². The minimum Gasteiger partial charge on any atom is -0.390 e. The van der Waals surface area contributed by atoms with Crippen LogP contribution in [-0.2, 0) is 4.79 Å². The summed E-state index contributed by atoms with van der Waals surface area (Å²) >= 11 is 5.49. The summed E-state index contributed by atoms with van der Waals surface area (Å²) < 4.78 is 0. The van der Waals surface area contributed by atoms with Crippen LogP contribution in [0.3, 0.4) is 0 Å². The monoisotopic (exact) mass is 219 g/mol. The van der Waals surface area contributed by atoms with Gasteiger partial charge in [0.05, 0.1) is 12.0 Å². The molecule has 1 saturated heterocycles. The molecule has 0 radical (unpaired) electrons. The molecule has 14 heavy (non-hydrogen) atoms. The molecule has 0 aromatic heterocycles. The van der Waals surface area contributed by atoms with Gasteiger partial charge in [-0.05, 0) is 11.8 Å². The van der Waals surface area contributed by atoms with Crippen LogP contribution in [0.2, 0.25) is 0 Å². The van der Waals surface area contributed by atoms with Crippen molar-refractivity contribution >= 4 is 17.5 Å². The van der Waals surface area contributed by atoms with Crippen molar-refractivity contribution in [2.75, 3.05) is 19.0 Å². The second kappa shape index (κ2) is 4.99. The van der Waals surface area contributed by atoms with E-state index in [1.165, 1.54) is 0 Å². The summed E-state index contributed by atoms with van der Waals surface area (Å²) in [6, 6.07) is 0. The van der Waals surface area contributed by atoms with Crippen LogP contribution in [0.15, 0.2) is 0 Å². The van der Waals surface area contributed by atoms with Gasteiger partial charge in [-0.25, -0.2) is 0 Å². The zero-order chi connectivity index (χ0) is 10.7. The van der Waals surface area contributed by atoms with Gasteiger partial charge in [0.15, 0.2) is 0 Å². The predicted octanol–water partition coefficient (Wildman–Crippen LogP) is 1.09. The lowest BCUT2D eigenvalue weighted by molar-refractivity contribution is -0.128. The fourth-order valence-electron chi connectivity index (χ4n) is 1.73. The highest BCUT2D eigenvalue weighted by molar-refractivity contribution is 6.18. The second-order valence-electron chi connectivity index (χ2n) is 4.32. The molecule has 0 aromatic carbocycles. The lowest BCUT2D eigenvalue weighted by atomic mass is 9.95. The molecule has 1 amide bonds. The molecule has 1 rings (SSSR count). The minimum absolute atomic E-state index is 0.146. The van der Waals surface area contributed by atoms with Gasteiger partial charge in [0.25, 0.3) is 0 Å². The summed E-state index contributed by atoms with van der Waals surface area (Å²) in [4.78, 5) is 13.2. The lowest BCUT2D eigenvalue weighted by Crippen LogP contribution is -2.34. The number of likely N-dealkylation sites (tertiary alicyclic amines) is 1. The Morgan fingerprint density at radius 1 is 1.64 bits per heavy atom. The van der Waals surface area contributed by atoms with Gasteiger partial charge >= 0.3 is 0 Å². The Morgan fingerprint density at radius 2 is 2.29 bits per heavy atom. The van der Waals surface area contributed by atoms with Crippen LogP contribution in [-0.4, -0.2) is 41.0 Å². The van der Waals surface area contributed by atoms with E-state index in [0.29, 0.717) is 24.8 Å². The van der Waals surface area contributed by atoms with Gasteiger partial charge in [0.1, 0.15) is 0 Å². The van der Waals surface area contributed by atoms with Crippen LogP contribution >= 0.6 is 11.6 Å². The molecule has 1 fully saturated rings. The molecule has 1 N–H and O–H groups in total. The van der Waals surface area contributed by atoms with E-state index in [1.54, 1.807) is 4.90 Å². The van der Waals surface area contributed by atoms with Gasteiger partial charge in [0, 0.05) is 19.5 Å². The summed E-state index contributed by atoms with van der Waals surface area (Å²) in [7, 11) is 0. The van der Waals surface area contributed by atoms with E-state index >= 15 is 0 Å². The number of carbonyl (C=O) groups excluding carboxylic acids is 1. The normalized spacial score (nSPS) is 24.8. The smallest absolute Gasteiger partial charge is 0.223 e. The first kappa shape index (κ1) is 11.8. The second-order valence-corrected chi connectivity index (χ2v) is 4.62. The van der Waals surface area contributed by atoms with Crippen molar-refractivity contribution in [2.24, 2.45) is 11.8 Å². The molecule has 1 aliphatic heterocycles. The van der Waals surface area contributed by atoms with Crippen molar-refractivity contribution in [3.8, 4) is 0 Å². The molecule has 0 bridgehead atoms. The number of nitrogens with zero attached hydrogens (tertiary/aromatic N) is 1. The highest BCUT2D eigenvalue weighted by atomic mass is 35.5. The molecule has 2 unspecified atom stereocenters. The molecule has 82 valence electrons.